The van der Waals surface area contributed by atoms with Gasteiger partial charge in [-0.25, -0.2) is 0 Å². The molecule has 0 rings (SSSR count). The minimum absolute atomic E-state index is 0. The molecule has 0 heterocycles. The molecule has 28 valence electrons. The third-order valence-electron chi connectivity index (χ3n) is 0. The van der Waals surface area contributed by atoms with Crippen molar-refractivity contribution in [3.63, 3.8) is 0 Å². The zero-order valence-electron chi connectivity index (χ0n) is 2.34. The van der Waals surface area contributed by atoms with E-state index >= 15 is 0 Å². The molecule has 0 aliphatic rings. The van der Waals surface area contributed by atoms with E-state index in [0.29, 0.717) is 0 Å². The topological polar surface area (TPSA) is 17.1 Å². The van der Waals surface area contributed by atoms with Gasteiger partial charge in [0.1, 0.15) is 0 Å². The molecule has 5 heavy (non-hydrogen) atoms. The monoisotopic (exact) mass is 246 g/mol. The molecule has 0 aromatic heterocycles. The van der Waals surface area contributed by atoms with E-state index in [9.17, 15) is 0 Å². The van der Waals surface area contributed by atoms with Crippen molar-refractivity contribution >= 4 is 7.23 Å². The normalized spacial score (nSPS) is 1.80. The average molecular weight is 244 g/mol. The molecule has 0 aromatic carbocycles. The van der Waals surface area contributed by atoms with E-state index in [-0.39, 0.29) is 39.6 Å². The van der Waals surface area contributed by atoms with Crippen molar-refractivity contribution in [2.45, 2.75) is 0 Å². The Morgan fingerprint density at radius 2 is 1.60 bits per heavy atom. The average Bonchev–Trinajstić information content (AvgIpc) is 0.918. The van der Waals surface area contributed by atoms with Gasteiger partial charge in [0.2, 0.25) is 0 Å². The van der Waals surface area contributed by atoms with Gasteiger partial charge >= 0.3 is 29.2 Å². The van der Waals surface area contributed by atoms with Crippen molar-refractivity contribution in [3.05, 3.63) is 0 Å². The van der Waals surface area contributed by atoms with Crippen LogP contribution in [0.2, 0.25) is 0 Å². The molecule has 0 bridgehead atoms. The second kappa shape index (κ2) is 16.4. The smallest absolute Gasteiger partial charge is 0 e. The Kier molecular flexibility index (Phi) is 51.3. The zero-order valence-corrected chi connectivity index (χ0v) is 8.46. The second-order valence-corrected chi connectivity index (χ2v) is 1.46. The van der Waals surface area contributed by atoms with Crippen molar-refractivity contribution in [2.75, 3.05) is 0 Å². The van der Waals surface area contributed by atoms with E-state index in [1.165, 1.54) is 0 Å². The third kappa shape index (κ3) is 22.5. The van der Waals surface area contributed by atoms with Gasteiger partial charge in [-0.1, -0.05) is 0 Å². The Labute approximate surface area is 68.1 Å². The van der Waals surface area contributed by atoms with E-state index in [2.05, 4.69) is 7.23 Å². The fourth-order valence-electron chi connectivity index (χ4n) is 0. The van der Waals surface area contributed by atoms with E-state index in [1.807, 2.05) is 0 Å². The van der Waals surface area contributed by atoms with Crippen LogP contribution in [0.25, 0.3) is 0 Å². The molecule has 0 saturated carbocycles. The maximum atomic E-state index is 9.02. The predicted octanol–water partition coefficient (Wildman–Crippen LogP) is 0.200. The van der Waals surface area contributed by atoms with Crippen LogP contribution in [0.1, 0.15) is 0 Å². The first kappa shape index (κ1) is 15.7. The second-order valence-electron chi connectivity index (χ2n) is 0.118. The fourth-order valence-corrected chi connectivity index (χ4v) is 0. The minimum atomic E-state index is -0.833. The van der Waals surface area contributed by atoms with Crippen molar-refractivity contribution < 1.29 is 61.6 Å². The van der Waals surface area contributed by atoms with Crippen molar-refractivity contribution in [1.29, 1.82) is 0 Å². The Hall–Kier alpha value is 2.22. The van der Waals surface area contributed by atoms with Crippen LogP contribution in [0.3, 0.4) is 0 Å². The molecule has 0 spiro atoms. The summed E-state index contributed by atoms with van der Waals surface area (Å²) in [6.45, 7) is 0. The summed E-state index contributed by atoms with van der Waals surface area (Å²) in [4.78, 5) is 0. The van der Waals surface area contributed by atoms with Gasteiger partial charge < -0.3 is 0 Å². The van der Waals surface area contributed by atoms with Crippen molar-refractivity contribution in [3.8, 4) is 0 Å². The molecule has 1 unspecified atom stereocenters. The first-order valence-corrected chi connectivity index (χ1v) is 4.41. The van der Waals surface area contributed by atoms with E-state index < -0.39 is 18.6 Å². The molecule has 1 radical (unpaired) electrons. The quantitative estimate of drug-likeness (QED) is 0.439. The first-order valence-electron chi connectivity index (χ1n) is 0.493. The largest absolute Gasteiger partial charge is 0 e. The van der Waals surface area contributed by atoms with Crippen LogP contribution >= 0.6 is 7.23 Å². The van der Waals surface area contributed by atoms with Crippen LogP contribution < -0.4 is 0 Å². The van der Waals surface area contributed by atoms with Gasteiger partial charge in [-0.05, 0) is 0 Å². The van der Waals surface area contributed by atoms with Gasteiger partial charge in [0.25, 0.3) is 0 Å². The maximum absolute atomic E-state index is 9.02. The van der Waals surface area contributed by atoms with Gasteiger partial charge in [-0.2, -0.15) is 0 Å². The minimum Gasteiger partial charge on any atom is 0 e. The number of rotatable bonds is 0. The molecule has 1 atom stereocenters. The fraction of sp³-hybridized carbons (Fsp3) is 0. The molecular formula is H2MoOPTiV. The molecule has 0 amide bonds. The van der Waals surface area contributed by atoms with E-state index in [0.717, 1.165) is 0 Å². The molecule has 1 nitrogen and oxygen atoms in total. The zero-order chi connectivity index (χ0) is 2.71. The summed E-state index contributed by atoms with van der Waals surface area (Å²) in [5, 5.41) is 0. The van der Waals surface area contributed by atoms with Crippen LogP contribution in [0, 0.1) is 0 Å². The summed E-state index contributed by atoms with van der Waals surface area (Å²) in [6, 6.07) is 0. The Morgan fingerprint density at radius 3 is 1.60 bits per heavy atom. The maximum Gasteiger partial charge on any atom is 0 e. The van der Waals surface area contributed by atoms with Gasteiger partial charge in [-0.3, -0.25) is 0 Å². The Balaban J connectivity index is -0.0000000200. The molecule has 0 aromatic rings. The summed E-state index contributed by atoms with van der Waals surface area (Å²) in [5.41, 5.74) is 0. The number of hydrogen-bond acceptors (Lipinski definition) is 1. The van der Waals surface area contributed by atoms with Crippen LogP contribution in [0.15, 0.2) is 0 Å². The molecule has 0 aliphatic carbocycles. The summed E-state index contributed by atoms with van der Waals surface area (Å²) >= 11 is -0.833. The van der Waals surface area contributed by atoms with Crippen LogP contribution in [-0.4, -0.2) is 0 Å². The molecule has 0 aliphatic heterocycles. The van der Waals surface area contributed by atoms with Gasteiger partial charge in [0.15, 0.2) is 0 Å². The number of hydrogen-bond donors (Lipinski definition) is 0. The summed E-state index contributed by atoms with van der Waals surface area (Å²) in [5.74, 6) is 0. The molecule has 0 N–H and O–H groups in total. The molecular weight excluding hydrogens is 242 g/mol. The van der Waals surface area contributed by atoms with Crippen LogP contribution in [-0.2, 0) is 61.6 Å². The predicted molar refractivity (Wildman–Crippen MR) is 10.4 cm³/mol. The van der Waals surface area contributed by atoms with E-state index in [4.69, 9.17) is 3.32 Å². The first-order chi connectivity index (χ1) is 1.41. The molecule has 5 heteroatoms. The van der Waals surface area contributed by atoms with Crippen molar-refractivity contribution in [1.82, 2.24) is 0 Å². The summed E-state index contributed by atoms with van der Waals surface area (Å²) in [7, 11) is 2.15. The van der Waals surface area contributed by atoms with Gasteiger partial charge in [0.05, 0.1) is 0 Å². The van der Waals surface area contributed by atoms with Crippen molar-refractivity contribution in [2.24, 2.45) is 0 Å². The molecule has 0 fully saturated rings. The van der Waals surface area contributed by atoms with Crippen LogP contribution in [0.4, 0.5) is 0 Å². The SMILES string of the molecule is [Mo].[O]=[Ti][PH2].[V]. The van der Waals surface area contributed by atoms with Crippen LogP contribution in [0.5, 0.6) is 0 Å². The Bertz CT molecular complexity index is 19.1. The summed E-state index contributed by atoms with van der Waals surface area (Å²) in [6.07, 6.45) is 0. The van der Waals surface area contributed by atoms with Gasteiger partial charge in [0, 0.05) is 39.6 Å². The standard InChI is InChI=1S/Mo.O.H2P.Ti.V/h;;1H2;;/q;;-1;+1;. The third-order valence-corrected chi connectivity index (χ3v) is 0. The van der Waals surface area contributed by atoms with Gasteiger partial charge in [-0.15, -0.1) is 0 Å². The molecule has 0 saturated heterocycles. The van der Waals surface area contributed by atoms with E-state index in [1.54, 1.807) is 0 Å². The summed E-state index contributed by atoms with van der Waals surface area (Å²) < 4.78 is 9.02. The Morgan fingerprint density at radius 1 is 1.60 bits per heavy atom.